The molecule has 0 atom stereocenters. The molecule has 0 radical (unpaired) electrons. The Kier molecular flexibility index (Phi) is 5.39. The first-order chi connectivity index (χ1) is 11.3. The van der Waals surface area contributed by atoms with E-state index < -0.39 is 6.61 Å². The van der Waals surface area contributed by atoms with E-state index in [4.69, 9.17) is 5.11 Å². The molecule has 1 aromatic carbocycles. The van der Waals surface area contributed by atoms with E-state index in [-0.39, 0.29) is 5.91 Å². The number of aliphatic hydroxyl groups is 1. The number of rotatable bonds is 4. The molecule has 2 aliphatic rings. The van der Waals surface area contributed by atoms with Crippen LogP contribution in [0.1, 0.15) is 38.5 Å². The summed E-state index contributed by atoms with van der Waals surface area (Å²) in [6, 6.07) is 6.26. The Bertz CT molecular complexity index is 499. The molecule has 2 N–H and O–H groups in total. The minimum atomic E-state index is -0.478. The monoisotopic (exact) mass is 317 g/mol. The molecule has 2 heterocycles. The van der Waals surface area contributed by atoms with Crippen molar-refractivity contribution in [2.45, 2.75) is 38.5 Å². The predicted octanol–water partition coefficient (Wildman–Crippen LogP) is 2.60. The van der Waals surface area contributed by atoms with Crippen LogP contribution in [0, 0.1) is 0 Å². The Morgan fingerprint density at radius 2 is 1.39 bits per heavy atom. The van der Waals surface area contributed by atoms with Crippen LogP contribution < -0.4 is 15.1 Å². The SMILES string of the molecule is O=C(CO)Nc1c(N2CCCCC2)cccc1N1CCCCC1. The first-order valence-corrected chi connectivity index (χ1v) is 8.83. The fourth-order valence-corrected chi connectivity index (χ4v) is 3.63. The zero-order valence-corrected chi connectivity index (χ0v) is 13.8. The van der Waals surface area contributed by atoms with Gasteiger partial charge in [0.1, 0.15) is 6.61 Å². The molecule has 0 unspecified atom stereocenters. The number of hydrogen-bond donors (Lipinski definition) is 2. The molecular weight excluding hydrogens is 290 g/mol. The Balaban J connectivity index is 1.94. The lowest BCUT2D eigenvalue weighted by Crippen LogP contribution is -2.33. The molecule has 23 heavy (non-hydrogen) atoms. The number of carbonyl (C=O) groups is 1. The van der Waals surface area contributed by atoms with Crippen molar-refractivity contribution in [3.63, 3.8) is 0 Å². The molecule has 0 saturated carbocycles. The summed E-state index contributed by atoms with van der Waals surface area (Å²) >= 11 is 0. The summed E-state index contributed by atoms with van der Waals surface area (Å²) in [6.45, 7) is 3.65. The van der Waals surface area contributed by atoms with Crippen LogP contribution in [0.15, 0.2) is 18.2 Å². The van der Waals surface area contributed by atoms with Gasteiger partial charge in [-0.3, -0.25) is 4.79 Å². The van der Waals surface area contributed by atoms with Crippen molar-refractivity contribution >= 4 is 23.0 Å². The zero-order chi connectivity index (χ0) is 16.1. The quantitative estimate of drug-likeness (QED) is 0.896. The fourth-order valence-electron chi connectivity index (χ4n) is 3.63. The molecule has 1 aromatic rings. The van der Waals surface area contributed by atoms with Gasteiger partial charge in [0, 0.05) is 26.2 Å². The van der Waals surface area contributed by atoms with E-state index in [1.807, 2.05) is 0 Å². The van der Waals surface area contributed by atoms with Gasteiger partial charge in [-0.1, -0.05) is 6.07 Å². The molecular formula is C18H27N3O2. The maximum atomic E-state index is 11.9. The Morgan fingerprint density at radius 3 is 1.83 bits per heavy atom. The maximum absolute atomic E-state index is 11.9. The van der Waals surface area contributed by atoms with Crippen LogP contribution in [0.25, 0.3) is 0 Å². The van der Waals surface area contributed by atoms with E-state index in [1.54, 1.807) is 0 Å². The molecule has 2 saturated heterocycles. The minimum absolute atomic E-state index is 0.340. The van der Waals surface area contributed by atoms with Crippen LogP contribution in [-0.4, -0.2) is 43.8 Å². The highest BCUT2D eigenvalue weighted by molar-refractivity contribution is 5.99. The highest BCUT2D eigenvalue weighted by Crippen LogP contribution is 2.38. The van der Waals surface area contributed by atoms with Gasteiger partial charge in [0.25, 0.3) is 0 Å². The van der Waals surface area contributed by atoms with Gasteiger partial charge in [0.2, 0.25) is 5.91 Å². The highest BCUT2D eigenvalue weighted by atomic mass is 16.3. The summed E-state index contributed by atoms with van der Waals surface area (Å²) in [4.78, 5) is 16.6. The average Bonchev–Trinajstić information content (AvgIpc) is 2.63. The van der Waals surface area contributed by atoms with Gasteiger partial charge in [-0.05, 0) is 50.7 Å². The van der Waals surface area contributed by atoms with E-state index in [9.17, 15) is 4.79 Å². The number of nitrogens with one attached hydrogen (secondary N) is 1. The van der Waals surface area contributed by atoms with Crippen molar-refractivity contribution < 1.29 is 9.90 Å². The van der Waals surface area contributed by atoms with Gasteiger partial charge < -0.3 is 20.2 Å². The lowest BCUT2D eigenvalue weighted by atomic mass is 10.1. The second-order valence-corrected chi connectivity index (χ2v) is 6.47. The lowest BCUT2D eigenvalue weighted by Gasteiger charge is -2.35. The van der Waals surface area contributed by atoms with Crippen LogP contribution in [0.2, 0.25) is 0 Å². The van der Waals surface area contributed by atoms with E-state index in [2.05, 4.69) is 33.3 Å². The number of aliphatic hydroxyl groups excluding tert-OH is 1. The van der Waals surface area contributed by atoms with E-state index in [1.165, 1.54) is 38.5 Å². The van der Waals surface area contributed by atoms with E-state index in [0.29, 0.717) is 0 Å². The van der Waals surface area contributed by atoms with E-state index in [0.717, 1.165) is 43.2 Å². The molecule has 2 fully saturated rings. The molecule has 2 aliphatic heterocycles. The first-order valence-electron chi connectivity index (χ1n) is 8.83. The lowest BCUT2D eigenvalue weighted by molar-refractivity contribution is -0.118. The molecule has 0 spiro atoms. The molecule has 126 valence electrons. The van der Waals surface area contributed by atoms with Crippen molar-refractivity contribution in [3.8, 4) is 0 Å². The Hall–Kier alpha value is -1.75. The third kappa shape index (κ3) is 3.78. The smallest absolute Gasteiger partial charge is 0.250 e. The normalized spacial score (nSPS) is 18.8. The van der Waals surface area contributed by atoms with Crippen molar-refractivity contribution in [3.05, 3.63) is 18.2 Å². The summed E-state index contributed by atoms with van der Waals surface area (Å²) in [6.07, 6.45) is 7.34. The van der Waals surface area contributed by atoms with Crippen LogP contribution >= 0.6 is 0 Å². The number of nitrogens with zero attached hydrogens (tertiary/aromatic N) is 2. The second kappa shape index (κ2) is 7.68. The summed E-state index contributed by atoms with van der Waals surface area (Å²) in [5, 5.41) is 12.1. The van der Waals surface area contributed by atoms with Crippen molar-refractivity contribution in [2.24, 2.45) is 0 Å². The molecule has 0 aliphatic carbocycles. The predicted molar refractivity (Wildman–Crippen MR) is 94.3 cm³/mol. The highest BCUT2D eigenvalue weighted by Gasteiger charge is 2.22. The minimum Gasteiger partial charge on any atom is -0.387 e. The van der Waals surface area contributed by atoms with Gasteiger partial charge >= 0.3 is 0 Å². The number of para-hydroxylation sites is 1. The topological polar surface area (TPSA) is 55.8 Å². The van der Waals surface area contributed by atoms with E-state index >= 15 is 0 Å². The zero-order valence-electron chi connectivity index (χ0n) is 13.8. The van der Waals surface area contributed by atoms with Crippen LogP contribution in [-0.2, 0) is 4.79 Å². The number of benzene rings is 1. The van der Waals surface area contributed by atoms with Gasteiger partial charge in [-0.25, -0.2) is 0 Å². The van der Waals surface area contributed by atoms with Crippen molar-refractivity contribution in [1.29, 1.82) is 0 Å². The number of amides is 1. The van der Waals surface area contributed by atoms with Crippen LogP contribution in [0.4, 0.5) is 17.1 Å². The Labute approximate surface area is 138 Å². The van der Waals surface area contributed by atoms with Gasteiger partial charge in [-0.15, -0.1) is 0 Å². The fraction of sp³-hybridized carbons (Fsp3) is 0.611. The number of anilines is 3. The summed E-state index contributed by atoms with van der Waals surface area (Å²) in [5.74, 6) is -0.340. The molecule has 3 rings (SSSR count). The van der Waals surface area contributed by atoms with Crippen LogP contribution in [0.3, 0.4) is 0 Å². The maximum Gasteiger partial charge on any atom is 0.250 e. The van der Waals surface area contributed by atoms with Crippen molar-refractivity contribution in [1.82, 2.24) is 0 Å². The summed E-state index contributed by atoms with van der Waals surface area (Å²) < 4.78 is 0. The summed E-state index contributed by atoms with van der Waals surface area (Å²) in [7, 11) is 0. The van der Waals surface area contributed by atoms with Gasteiger partial charge in [0.05, 0.1) is 17.1 Å². The third-order valence-electron chi connectivity index (χ3n) is 4.82. The summed E-state index contributed by atoms with van der Waals surface area (Å²) in [5.41, 5.74) is 3.06. The molecule has 0 aromatic heterocycles. The molecule has 5 nitrogen and oxygen atoms in total. The van der Waals surface area contributed by atoms with Crippen molar-refractivity contribution in [2.75, 3.05) is 47.9 Å². The van der Waals surface area contributed by atoms with Gasteiger partial charge in [-0.2, -0.15) is 0 Å². The molecule has 0 bridgehead atoms. The average molecular weight is 317 g/mol. The number of hydrogen-bond acceptors (Lipinski definition) is 4. The van der Waals surface area contributed by atoms with Gasteiger partial charge in [0.15, 0.2) is 0 Å². The largest absolute Gasteiger partial charge is 0.387 e. The first kappa shape index (κ1) is 16.1. The Morgan fingerprint density at radius 1 is 0.913 bits per heavy atom. The number of piperidine rings is 2. The van der Waals surface area contributed by atoms with Crippen LogP contribution in [0.5, 0.6) is 0 Å². The third-order valence-corrected chi connectivity index (χ3v) is 4.82. The molecule has 5 heteroatoms. The second-order valence-electron chi connectivity index (χ2n) is 6.47. The molecule has 1 amide bonds. The number of carbonyl (C=O) groups excluding carboxylic acids is 1. The standard InChI is InChI=1S/C18H27N3O2/c22-14-17(23)19-18-15(20-10-3-1-4-11-20)8-7-9-16(18)21-12-5-2-6-13-21/h7-9,22H,1-6,10-14H2,(H,19,23).